The van der Waals surface area contributed by atoms with E-state index in [1.807, 2.05) is 60.7 Å². The van der Waals surface area contributed by atoms with E-state index in [-0.39, 0.29) is 18.2 Å². The third kappa shape index (κ3) is 1.95. The van der Waals surface area contributed by atoms with Crippen LogP contribution in [0.2, 0.25) is 0 Å². The third-order valence-electron chi connectivity index (χ3n) is 3.10. The van der Waals surface area contributed by atoms with E-state index in [2.05, 4.69) is 5.32 Å². The largest absolute Gasteiger partial charge is 0.439 e. The van der Waals surface area contributed by atoms with Crippen LogP contribution >= 0.6 is 0 Å². The first-order chi connectivity index (χ1) is 8.84. The number of cyclic esters (lactones) is 1. The number of hydrogen-bond donors (Lipinski definition) is 1. The Labute approximate surface area is 105 Å². The van der Waals surface area contributed by atoms with Crippen LogP contribution in [0.3, 0.4) is 0 Å². The number of hydrogen-bond acceptors (Lipinski definition) is 2. The molecule has 2 aromatic carbocycles. The Bertz CT molecular complexity index is 489. The van der Waals surface area contributed by atoms with Crippen molar-refractivity contribution >= 4 is 6.09 Å². The molecule has 1 aliphatic rings. The number of amides is 1. The Morgan fingerprint density at radius 1 is 0.833 bits per heavy atom. The van der Waals surface area contributed by atoms with Crippen molar-refractivity contribution in [3.8, 4) is 0 Å². The fourth-order valence-corrected chi connectivity index (χ4v) is 2.24. The molecule has 0 spiro atoms. The molecule has 1 amide bonds. The molecule has 0 aromatic heterocycles. The predicted molar refractivity (Wildman–Crippen MR) is 68.0 cm³/mol. The molecule has 0 saturated carbocycles. The van der Waals surface area contributed by atoms with Gasteiger partial charge < -0.3 is 10.1 Å². The van der Waals surface area contributed by atoms with Crippen LogP contribution in [-0.4, -0.2) is 6.09 Å². The van der Waals surface area contributed by atoms with Gasteiger partial charge in [-0.25, -0.2) is 4.79 Å². The Morgan fingerprint density at radius 3 is 2.00 bits per heavy atom. The van der Waals surface area contributed by atoms with Gasteiger partial charge in [0.25, 0.3) is 0 Å². The van der Waals surface area contributed by atoms with Crippen molar-refractivity contribution in [2.24, 2.45) is 0 Å². The molecular formula is C15H13NO2. The van der Waals surface area contributed by atoms with Crippen LogP contribution in [0.5, 0.6) is 0 Å². The quantitative estimate of drug-likeness (QED) is 0.873. The molecule has 1 N–H and O–H groups in total. The highest BCUT2D eigenvalue weighted by Crippen LogP contribution is 2.36. The van der Waals surface area contributed by atoms with Crippen LogP contribution in [-0.2, 0) is 4.74 Å². The average molecular weight is 239 g/mol. The van der Waals surface area contributed by atoms with Gasteiger partial charge in [-0.15, -0.1) is 0 Å². The lowest BCUT2D eigenvalue weighted by atomic mass is 9.97. The average Bonchev–Trinajstić information content (AvgIpc) is 2.83. The molecule has 90 valence electrons. The number of carbonyl (C=O) groups excluding carboxylic acids is 1. The maximum Gasteiger partial charge on any atom is 0.408 e. The van der Waals surface area contributed by atoms with Crippen LogP contribution < -0.4 is 5.32 Å². The number of rotatable bonds is 2. The van der Waals surface area contributed by atoms with Gasteiger partial charge in [0.2, 0.25) is 0 Å². The fourth-order valence-electron chi connectivity index (χ4n) is 2.24. The van der Waals surface area contributed by atoms with Gasteiger partial charge in [-0.1, -0.05) is 60.7 Å². The Balaban J connectivity index is 1.96. The summed E-state index contributed by atoms with van der Waals surface area (Å²) < 4.78 is 5.36. The predicted octanol–water partition coefficient (Wildman–Crippen LogP) is 3.21. The minimum atomic E-state index is -0.363. The smallest absolute Gasteiger partial charge is 0.408 e. The molecule has 0 aliphatic carbocycles. The second kappa shape index (κ2) is 4.53. The zero-order valence-electron chi connectivity index (χ0n) is 9.74. The fraction of sp³-hybridized carbons (Fsp3) is 0.133. The highest BCUT2D eigenvalue weighted by Gasteiger charge is 2.35. The minimum Gasteiger partial charge on any atom is -0.439 e. The molecule has 3 rings (SSSR count). The van der Waals surface area contributed by atoms with E-state index in [9.17, 15) is 4.79 Å². The van der Waals surface area contributed by atoms with Gasteiger partial charge >= 0.3 is 6.09 Å². The molecule has 1 fully saturated rings. The molecule has 1 aliphatic heterocycles. The second-order valence-corrected chi connectivity index (χ2v) is 4.27. The van der Waals surface area contributed by atoms with Crippen LogP contribution in [0.25, 0.3) is 0 Å². The first-order valence-corrected chi connectivity index (χ1v) is 5.91. The Kier molecular flexibility index (Phi) is 2.73. The summed E-state index contributed by atoms with van der Waals surface area (Å²) in [5.74, 6) is 0. The lowest BCUT2D eigenvalue weighted by Gasteiger charge is -2.17. The van der Waals surface area contributed by atoms with E-state index >= 15 is 0 Å². The summed E-state index contributed by atoms with van der Waals surface area (Å²) in [7, 11) is 0. The van der Waals surface area contributed by atoms with Crippen molar-refractivity contribution in [2.45, 2.75) is 12.1 Å². The Morgan fingerprint density at radius 2 is 1.39 bits per heavy atom. The lowest BCUT2D eigenvalue weighted by Crippen LogP contribution is -2.19. The van der Waals surface area contributed by atoms with E-state index in [0.29, 0.717) is 0 Å². The summed E-state index contributed by atoms with van der Waals surface area (Å²) in [6.45, 7) is 0. The maximum atomic E-state index is 11.5. The van der Waals surface area contributed by atoms with Crippen LogP contribution in [0, 0.1) is 0 Å². The summed E-state index contributed by atoms with van der Waals surface area (Å²) >= 11 is 0. The molecule has 1 heterocycles. The summed E-state index contributed by atoms with van der Waals surface area (Å²) in [5, 5.41) is 2.86. The van der Waals surface area contributed by atoms with Crippen LogP contribution in [0.1, 0.15) is 23.3 Å². The number of nitrogens with one attached hydrogen (secondary N) is 1. The molecule has 3 nitrogen and oxygen atoms in total. The van der Waals surface area contributed by atoms with E-state index in [1.165, 1.54) is 0 Å². The van der Waals surface area contributed by atoms with Crippen molar-refractivity contribution < 1.29 is 9.53 Å². The monoisotopic (exact) mass is 239 g/mol. The molecule has 1 unspecified atom stereocenters. The number of alkyl carbamates (subject to hydrolysis) is 1. The van der Waals surface area contributed by atoms with Gasteiger partial charge in [0, 0.05) is 0 Å². The first kappa shape index (κ1) is 10.8. The maximum absolute atomic E-state index is 11.5. The number of ether oxygens (including phenoxy) is 1. The Hall–Kier alpha value is -2.29. The molecular weight excluding hydrogens is 226 g/mol. The van der Waals surface area contributed by atoms with Crippen molar-refractivity contribution in [1.29, 1.82) is 0 Å². The second-order valence-electron chi connectivity index (χ2n) is 4.27. The normalized spacial score (nSPS) is 22.3. The van der Waals surface area contributed by atoms with Crippen LogP contribution in [0.4, 0.5) is 4.79 Å². The van der Waals surface area contributed by atoms with E-state index in [1.54, 1.807) is 0 Å². The lowest BCUT2D eigenvalue weighted by molar-refractivity contribution is 0.132. The van der Waals surface area contributed by atoms with E-state index in [4.69, 9.17) is 4.74 Å². The van der Waals surface area contributed by atoms with Gasteiger partial charge in [0.1, 0.15) is 0 Å². The van der Waals surface area contributed by atoms with Gasteiger partial charge in [0.15, 0.2) is 6.10 Å². The molecule has 0 radical (unpaired) electrons. The molecule has 3 heteroatoms. The summed E-state index contributed by atoms with van der Waals surface area (Å²) in [6, 6.07) is 19.5. The van der Waals surface area contributed by atoms with Gasteiger partial charge in [-0.05, 0) is 11.1 Å². The topological polar surface area (TPSA) is 38.3 Å². The summed E-state index contributed by atoms with van der Waals surface area (Å²) in [4.78, 5) is 11.5. The minimum absolute atomic E-state index is 0.124. The highest BCUT2D eigenvalue weighted by atomic mass is 16.6. The molecule has 2 atom stereocenters. The summed E-state index contributed by atoms with van der Waals surface area (Å²) in [6.07, 6.45) is -0.626. The third-order valence-corrected chi connectivity index (χ3v) is 3.10. The van der Waals surface area contributed by atoms with Crippen molar-refractivity contribution in [1.82, 2.24) is 5.32 Å². The molecule has 1 saturated heterocycles. The molecule has 0 bridgehead atoms. The van der Waals surface area contributed by atoms with Crippen molar-refractivity contribution in [2.75, 3.05) is 0 Å². The number of benzene rings is 2. The van der Waals surface area contributed by atoms with Gasteiger partial charge in [0.05, 0.1) is 6.04 Å². The standard InChI is InChI=1S/C15H13NO2/c17-15-16-13(11-7-3-1-4-8-11)14(18-15)12-9-5-2-6-10-12/h1-10,13-14H,(H,16,17)/t13?,14-/m0/s1. The van der Waals surface area contributed by atoms with Gasteiger partial charge in [-0.3, -0.25) is 0 Å². The first-order valence-electron chi connectivity index (χ1n) is 5.91. The van der Waals surface area contributed by atoms with Crippen molar-refractivity contribution in [3.63, 3.8) is 0 Å². The van der Waals surface area contributed by atoms with Crippen molar-refractivity contribution in [3.05, 3.63) is 71.8 Å². The number of carbonyl (C=O) groups is 1. The van der Waals surface area contributed by atoms with E-state index < -0.39 is 0 Å². The SMILES string of the molecule is O=C1NC(c2ccccc2)[C@H](c2ccccc2)O1. The zero-order valence-corrected chi connectivity index (χ0v) is 9.74. The molecule has 2 aromatic rings. The van der Waals surface area contributed by atoms with Crippen LogP contribution in [0.15, 0.2) is 60.7 Å². The zero-order chi connectivity index (χ0) is 12.4. The summed E-state index contributed by atoms with van der Waals surface area (Å²) in [5.41, 5.74) is 2.06. The highest BCUT2D eigenvalue weighted by molar-refractivity contribution is 5.71. The molecule has 18 heavy (non-hydrogen) atoms. The van der Waals surface area contributed by atoms with E-state index in [0.717, 1.165) is 11.1 Å². The van der Waals surface area contributed by atoms with Gasteiger partial charge in [-0.2, -0.15) is 0 Å².